The Labute approximate surface area is 198 Å². The molecule has 33 heavy (non-hydrogen) atoms. The topological polar surface area (TPSA) is 13.1 Å². The number of rotatable bonds is 2. The zero-order chi connectivity index (χ0) is 26.1. The van der Waals surface area contributed by atoms with Crippen molar-refractivity contribution in [2.24, 2.45) is 0 Å². The molecule has 0 aliphatic heterocycles. The first-order valence-corrected chi connectivity index (χ1v) is 10.9. The highest BCUT2D eigenvalue weighted by molar-refractivity contribution is 6.22. The summed E-state index contributed by atoms with van der Waals surface area (Å²) in [5.41, 5.74) is 4.48. The quantitative estimate of drug-likeness (QED) is 0.252. The predicted molar refractivity (Wildman–Crippen MR) is 140 cm³/mol. The summed E-state index contributed by atoms with van der Waals surface area (Å²) in [6.07, 6.45) is 0. The zero-order valence-corrected chi connectivity index (χ0v) is 17.6. The summed E-state index contributed by atoms with van der Waals surface area (Å²) in [5.74, 6) is 0. The molecule has 1 heterocycles. The Balaban J connectivity index is 1.63. The van der Waals surface area contributed by atoms with Gasteiger partial charge in [-0.3, -0.25) is 0 Å². The van der Waals surface area contributed by atoms with Crippen molar-refractivity contribution in [1.82, 2.24) is 0 Å². The number of benzene rings is 6. The average molecular weight is 426 g/mol. The first-order valence-electron chi connectivity index (χ1n) is 13.4. The van der Waals surface area contributed by atoms with Gasteiger partial charge in [0.05, 0.1) is 6.85 Å². The molecule has 0 unspecified atom stereocenters. The Morgan fingerprint density at radius 2 is 0.970 bits per heavy atom. The highest BCUT2D eigenvalue weighted by atomic mass is 16.3. The van der Waals surface area contributed by atoms with Crippen LogP contribution in [0.4, 0.5) is 0 Å². The summed E-state index contributed by atoms with van der Waals surface area (Å²) in [5, 5.41) is 5.63. The lowest BCUT2D eigenvalue weighted by atomic mass is 9.86. The third-order valence-electron chi connectivity index (χ3n) is 6.35. The van der Waals surface area contributed by atoms with Crippen molar-refractivity contribution in [2.75, 3.05) is 0 Å². The molecule has 0 atom stereocenters. The monoisotopic (exact) mass is 425 g/mol. The largest absolute Gasteiger partial charge is 0.456 e. The Kier molecular flexibility index (Phi) is 2.99. The van der Waals surface area contributed by atoms with E-state index in [2.05, 4.69) is 24.3 Å². The second-order valence-corrected chi connectivity index (χ2v) is 8.15. The molecule has 1 heteroatoms. The van der Waals surface area contributed by atoms with Crippen molar-refractivity contribution in [2.45, 2.75) is 0 Å². The van der Waals surface area contributed by atoms with E-state index in [1.165, 1.54) is 0 Å². The van der Waals surface area contributed by atoms with Crippen LogP contribution in [0.25, 0.3) is 65.7 Å². The minimum Gasteiger partial charge on any atom is -0.456 e. The summed E-state index contributed by atoms with van der Waals surface area (Å²) in [4.78, 5) is 0. The van der Waals surface area contributed by atoms with Gasteiger partial charge in [0.1, 0.15) is 11.2 Å². The molecule has 0 spiro atoms. The lowest BCUT2D eigenvalue weighted by molar-refractivity contribution is 0.669. The second-order valence-electron chi connectivity index (χ2n) is 8.15. The van der Waals surface area contributed by atoms with Crippen molar-refractivity contribution in [1.29, 1.82) is 0 Å². The van der Waals surface area contributed by atoms with Gasteiger partial charge in [0.25, 0.3) is 0 Å². The number of para-hydroxylation sites is 1. The van der Waals surface area contributed by atoms with Gasteiger partial charge in [0, 0.05) is 10.8 Å². The van der Waals surface area contributed by atoms with Gasteiger partial charge in [0.15, 0.2) is 0 Å². The number of furan rings is 1. The third-order valence-corrected chi connectivity index (χ3v) is 6.35. The summed E-state index contributed by atoms with van der Waals surface area (Å²) >= 11 is 0. The molecule has 0 radical (unpaired) electrons. The van der Waals surface area contributed by atoms with Gasteiger partial charge >= 0.3 is 0 Å². The van der Waals surface area contributed by atoms with E-state index in [0.29, 0.717) is 5.56 Å². The van der Waals surface area contributed by atoms with E-state index in [0.717, 1.165) is 54.6 Å². The van der Waals surface area contributed by atoms with Crippen LogP contribution in [-0.2, 0) is 0 Å². The van der Waals surface area contributed by atoms with Gasteiger partial charge in [-0.15, -0.1) is 0 Å². The molecular weight excluding hydrogens is 400 g/mol. The molecule has 1 aromatic heterocycles. The van der Waals surface area contributed by atoms with Gasteiger partial charge in [-0.05, 0) is 62.0 Å². The molecule has 154 valence electrons. The molecular formula is C32H20O. The van der Waals surface area contributed by atoms with E-state index in [9.17, 15) is 0 Å². The fourth-order valence-electron chi connectivity index (χ4n) is 4.97. The van der Waals surface area contributed by atoms with Crippen LogP contribution in [0.1, 0.15) is 6.85 Å². The van der Waals surface area contributed by atoms with E-state index in [1.807, 2.05) is 66.7 Å². The van der Waals surface area contributed by atoms with E-state index in [-0.39, 0.29) is 29.7 Å². The maximum absolute atomic E-state index is 8.70. The summed E-state index contributed by atoms with van der Waals surface area (Å²) < 4.78 is 48.2. The van der Waals surface area contributed by atoms with Crippen molar-refractivity contribution < 1.29 is 11.3 Å². The maximum atomic E-state index is 8.70. The van der Waals surface area contributed by atoms with E-state index >= 15 is 0 Å². The lowest BCUT2D eigenvalue weighted by Gasteiger charge is -2.17. The van der Waals surface area contributed by atoms with Crippen LogP contribution in [0.2, 0.25) is 0 Å². The minimum absolute atomic E-state index is 0.206. The van der Waals surface area contributed by atoms with Crippen LogP contribution >= 0.6 is 0 Å². The van der Waals surface area contributed by atoms with Crippen molar-refractivity contribution in [3.05, 3.63) is 121 Å². The smallest absolute Gasteiger partial charge is 0.136 e. The van der Waals surface area contributed by atoms with Gasteiger partial charge in [0.2, 0.25) is 0 Å². The number of fused-ring (bicyclic) bond motifs is 5. The van der Waals surface area contributed by atoms with Crippen LogP contribution < -0.4 is 0 Å². The predicted octanol–water partition coefficient (Wildman–Crippen LogP) is 9.23. The van der Waals surface area contributed by atoms with Crippen LogP contribution in [-0.4, -0.2) is 0 Å². The zero-order valence-electron chi connectivity index (χ0n) is 22.6. The first-order chi connectivity index (χ1) is 18.5. The average Bonchev–Trinajstić information content (AvgIpc) is 3.32. The van der Waals surface area contributed by atoms with Crippen LogP contribution in [0, 0.1) is 0 Å². The normalized spacial score (nSPS) is 13.8. The Morgan fingerprint density at radius 3 is 1.61 bits per heavy atom. The molecule has 7 aromatic rings. The Hall–Kier alpha value is -4.36. The second kappa shape index (κ2) is 7.08. The Bertz CT molecular complexity index is 2000. The molecule has 0 saturated carbocycles. The molecule has 1 nitrogen and oxygen atoms in total. The van der Waals surface area contributed by atoms with E-state index in [1.54, 1.807) is 0 Å². The fraction of sp³-hybridized carbons (Fsp3) is 0. The van der Waals surface area contributed by atoms with Crippen molar-refractivity contribution in [3.8, 4) is 22.3 Å². The number of hydrogen-bond acceptors (Lipinski definition) is 1. The lowest BCUT2D eigenvalue weighted by Crippen LogP contribution is -1.90. The van der Waals surface area contributed by atoms with Gasteiger partial charge in [-0.2, -0.15) is 0 Å². The molecule has 7 rings (SSSR count). The SMILES string of the molecule is [2H]c1c([2H])c([2H])c(-c2c3ccccc3c(-c3ccc4c(c3)oc3ccccc34)c3ccccc23)c([2H])c1[2H]. The van der Waals surface area contributed by atoms with Crippen molar-refractivity contribution >= 4 is 43.5 Å². The summed E-state index contributed by atoms with van der Waals surface area (Å²) in [6, 6.07) is 28.5. The van der Waals surface area contributed by atoms with Crippen LogP contribution in [0.15, 0.2) is 126 Å². The third kappa shape index (κ3) is 2.73. The van der Waals surface area contributed by atoms with Gasteiger partial charge < -0.3 is 4.42 Å². The van der Waals surface area contributed by atoms with Gasteiger partial charge in [-0.25, -0.2) is 0 Å². The molecule has 0 saturated heterocycles. The standard InChI is InChI=1S/C32H20O/c1-2-10-21(11-3-1)31-25-13-4-6-15-27(25)32(28-16-7-5-14-26(28)31)22-18-19-24-23-12-8-9-17-29(23)33-30(24)20-22/h1-20H/i1D,2D,3D,10D,11D. The molecule has 6 aromatic carbocycles. The molecule has 0 bridgehead atoms. The van der Waals surface area contributed by atoms with Crippen LogP contribution in [0.3, 0.4) is 0 Å². The molecule has 0 aliphatic carbocycles. The summed E-state index contributed by atoms with van der Waals surface area (Å²) in [7, 11) is 0. The van der Waals surface area contributed by atoms with E-state index in [4.69, 9.17) is 11.3 Å². The highest BCUT2D eigenvalue weighted by Gasteiger charge is 2.17. The van der Waals surface area contributed by atoms with Gasteiger partial charge in [-0.1, -0.05) is 103 Å². The maximum Gasteiger partial charge on any atom is 0.136 e. The fourth-order valence-corrected chi connectivity index (χ4v) is 4.97. The first kappa shape index (κ1) is 13.9. The molecule has 0 fully saturated rings. The number of hydrogen-bond donors (Lipinski definition) is 0. The van der Waals surface area contributed by atoms with Crippen molar-refractivity contribution in [3.63, 3.8) is 0 Å². The Morgan fingerprint density at radius 1 is 0.455 bits per heavy atom. The van der Waals surface area contributed by atoms with E-state index < -0.39 is 6.04 Å². The molecule has 0 amide bonds. The molecule has 0 aliphatic rings. The summed E-state index contributed by atoms with van der Waals surface area (Å²) in [6.45, 7) is 0. The molecule has 0 N–H and O–H groups in total. The minimum atomic E-state index is -0.395. The van der Waals surface area contributed by atoms with Crippen LogP contribution in [0.5, 0.6) is 0 Å². The highest BCUT2D eigenvalue weighted by Crippen LogP contribution is 2.44.